The van der Waals surface area contributed by atoms with Gasteiger partial charge in [-0.15, -0.1) is 0 Å². The molecular weight excluding hydrogens is 223 g/mol. The lowest BCUT2D eigenvalue weighted by Crippen LogP contribution is -1.94. The van der Waals surface area contributed by atoms with Crippen LogP contribution in [0.15, 0.2) is 24.4 Å². The minimum Gasteiger partial charge on any atom is -0.276 e. The Bertz CT molecular complexity index is 513. The highest BCUT2D eigenvalue weighted by molar-refractivity contribution is 6.68. The predicted molar refractivity (Wildman–Crippen MR) is 54.7 cm³/mol. The molecule has 0 amide bonds. The van der Waals surface area contributed by atoms with Gasteiger partial charge in [0.1, 0.15) is 10.7 Å². The monoisotopic (exact) mass is 226 g/mol. The lowest BCUT2D eigenvalue weighted by Gasteiger charge is -1.99. The zero-order valence-corrected chi connectivity index (χ0v) is 8.38. The number of nitrogens with zero attached hydrogens (tertiary/aromatic N) is 2. The van der Waals surface area contributed by atoms with Crippen LogP contribution in [0.5, 0.6) is 0 Å². The number of para-hydroxylation sites is 1. The Morgan fingerprint density at radius 3 is 2.86 bits per heavy atom. The number of carbonyl (C=O) groups excluding carboxylic acids is 1. The molecule has 1 heterocycles. The molecule has 0 aliphatic rings. The maximum Gasteiger partial charge on any atom is 0.254 e. The normalized spacial score (nSPS) is 10.4. The third kappa shape index (κ3) is 1.56. The van der Waals surface area contributed by atoms with Crippen molar-refractivity contribution in [1.29, 1.82) is 0 Å². The fourth-order valence-corrected chi connectivity index (χ4v) is 1.47. The predicted octanol–water partition coefficient (Wildman–Crippen LogP) is 2.66. The first-order valence-electron chi connectivity index (χ1n) is 3.79. The van der Waals surface area contributed by atoms with Crippen LogP contribution in [0.4, 0.5) is 0 Å². The molecular formula is C9H4Cl2N2O. The van der Waals surface area contributed by atoms with Crippen molar-refractivity contribution in [3.05, 3.63) is 35.1 Å². The summed E-state index contributed by atoms with van der Waals surface area (Å²) in [6, 6.07) is 5.00. The van der Waals surface area contributed by atoms with Crippen molar-refractivity contribution in [2.45, 2.75) is 0 Å². The van der Waals surface area contributed by atoms with E-state index in [2.05, 4.69) is 9.97 Å². The van der Waals surface area contributed by atoms with E-state index in [9.17, 15) is 4.79 Å². The van der Waals surface area contributed by atoms with E-state index in [4.69, 9.17) is 23.2 Å². The molecule has 2 rings (SSSR count). The maximum atomic E-state index is 11.0. The summed E-state index contributed by atoms with van der Waals surface area (Å²) < 4.78 is 0. The van der Waals surface area contributed by atoms with Gasteiger partial charge in [-0.2, -0.15) is 0 Å². The van der Waals surface area contributed by atoms with Crippen LogP contribution in [-0.2, 0) is 0 Å². The van der Waals surface area contributed by atoms with Crippen molar-refractivity contribution in [3.63, 3.8) is 0 Å². The van der Waals surface area contributed by atoms with Gasteiger partial charge in [-0.25, -0.2) is 4.98 Å². The first-order chi connectivity index (χ1) is 6.68. The van der Waals surface area contributed by atoms with Gasteiger partial charge in [-0.3, -0.25) is 9.78 Å². The third-order valence-electron chi connectivity index (χ3n) is 1.75. The summed E-state index contributed by atoms with van der Waals surface area (Å²) in [6.45, 7) is 0. The van der Waals surface area contributed by atoms with E-state index in [1.54, 1.807) is 18.2 Å². The number of fused-ring (bicyclic) bond motifs is 1. The lowest BCUT2D eigenvalue weighted by atomic mass is 10.2. The van der Waals surface area contributed by atoms with Crippen LogP contribution in [0.1, 0.15) is 10.4 Å². The molecule has 0 aliphatic carbocycles. The first-order valence-corrected chi connectivity index (χ1v) is 4.55. The molecule has 70 valence electrons. The molecule has 0 fully saturated rings. The van der Waals surface area contributed by atoms with E-state index in [0.717, 1.165) is 0 Å². The second kappa shape index (κ2) is 3.52. The molecule has 0 spiro atoms. The zero-order chi connectivity index (χ0) is 10.1. The highest BCUT2D eigenvalue weighted by atomic mass is 35.5. The number of benzene rings is 1. The lowest BCUT2D eigenvalue weighted by molar-refractivity contribution is 0.108. The van der Waals surface area contributed by atoms with Crippen LogP contribution in [0.2, 0.25) is 5.15 Å². The summed E-state index contributed by atoms with van der Waals surface area (Å²) in [5.74, 6) is 0. The average molecular weight is 227 g/mol. The van der Waals surface area contributed by atoms with Gasteiger partial charge in [0.15, 0.2) is 0 Å². The first kappa shape index (κ1) is 9.37. The van der Waals surface area contributed by atoms with Crippen molar-refractivity contribution >= 4 is 39.5 Å². The Morgan fingerprint density at radius 2 is 2.14 bits per heavy atom. The topological polar surface area (TPSA) is 42.9 Å². The second-order valence-corrected chi connectivity index (χ2v) is 3.37. The van der Waals surface area contributed by atoms with Crippen molar-refractivity contribution in [1.82, 2.24) is 9.97 Å². The van der Waals surface area contributed by atoms with E-state index < -0.39 is 5.24 Å². The molecule has 0 atom stereocenters. The molecule has 0 N–H and O–H groups in total. The van der Waals surface area contributed by atoms with Gasteiger partial charge >= 0.3 is 0 Å². The molecule has 3 nitrogen and oxygen atoms in total. The fraction of sp³-hybridized carbons (Fsp3) is 0. The standard InChI is InChI=1S/C9H4Cl2N2O/c10-7-4-12-8-5(9(11)14)2-1-3-6(8)13-7/h1-4H. The molecule has 14 heavy (non-hydrogen) atoms. The Labute approximate surface area is 89.7 Å². The van der Waals surface area contributed by atoms with Crippen LogP contribution in [0.3, 0.4) is 0 Å². The number of carbonyl (C=O) groups is 1. The zero-order valence-electron chi connectivity index (χ0n) is 6.87. The second-order valence-electron chi connectivity index (χ2n) is 2.64. The number of hydrogen-bond acceptors (Lipinski definition) is 3. The smallest absolute Gasteiger partial charge is 0.254 e. The van der Waals surface area contributed by atoms with Crippen LogP contribution in [0.25, 0.3) is 11.0 Å². The SMILES string of the molecule is O=C(Cl)c1cccc2nc(Cl)cnc12. The van der Waals surface area contributed by atoms with E-state index >= 15 is 0 Å². The minimum atomic E-state index is -0.549. The highest BCUT2D eigenvalue weighted by Gasteiger charge is 2.08. The highest BCUT2D eigenvalue weighted by Crippen LogP contribution is 2.17. The molecule has 0 bridgehead atoms. The molecule has 0 saturated heterocycles. The molecule has 0 aliphatic heterocycles. The van der Waals surface area contributed by atoms with Gasteiger partial charge < -0.3 is 0 Å². The number of rotatable bonds is 1. The van der Waals surface area contributed by atoms with Crippen molar-refractivity contribution < 1.29 is 4.79 Å². The Balaban J connectivity index is 2.81. The Kier molecular flexibility index (Phi) is 2.35. The molecule has 2 aromatic rings. The molecule has 5 heteroatoms. The van der Waals surface area contributed by atoms with E-state index in [0.29, 0.717) is 16.6 Å². The minimum absolute atomic E-state index is 0.289. The van der Waals surface area contributed by atoms with Crippen LogP contribution >= 0.6 is 23.2 Å². The van der Waals surface area contributed by atoms with Gasteiger partial charge in [0.2, 0.25) is 0 Å². The van der Waals surface area contributed by atoms with Gasteiger partial charge in [0.25, 0.3) is 5.24 Å². The largest absolute Gasteiger partial charge is 0.276 e. The Morgan fingerprint density at radius 1 is 1.36 bits per heavy atom. The number of halogens is 2. The van der Waals surface area contributed by atoms with Crippen molar-refractivity contribution in [2.24, 2.45) is 0 Å². The summed E-state index contributed by atoms with van der Waals surface area (Å²) in [6.07, 6.45) is 1.38. The van der Waals surface area contributed by atoms with Crippen LogP contribution in [-0.4, -0.2) is 15.2 Å². The summed E-state index contributed by atoms with van der Waals surface area (Å²) in [4.78, 5) is 19.0. The molecule has 0 saturated carbocycles. The maximum absolute atomic E-state index is 11.0. The quantitative estimate of drug-likeness (QED) is 0.703. The van der Waals surface area contributed by atoms with E-state index in [1.807, 2.05) is 0 Å². The third-order valence-corrected chi connectivity index (χ3v) is 2.14. The summed E-state index contributed by atoms with van der Waals surface area (Å²) in [7, 11) is 0. The molecule has 0 radical (unpaired) electrons. The fourth-order valence-electron chi connectivity index (χ4n) is 1.18. The summed E-state index contributed by atoms with van der Waals surface area (Å²) >= 11 is 11.0. The molecule has 1 aromatic heterocycles. The molecule has 1 aromatic carbocycles. The number of aromatic nitrogens is 2. The summed E-state index contributed by atoms with van der Waals surface area (Å²) in [5, 5.41) is -0.260. The van der Waals surface area contributed by atoms with Gasteiger partial charge in [-0.1, -0.05) is 17.7 Å². The van der Waals surface area contributed by atoms with Gasteiger partial charge in [0, 0.05) is 0 Å². The van der Waals surface area contributed by atoms with Gasteiger partial charge in [0.05, 0.1) is 17.3 Å². The van der Waals surface area contributed by atoms with Crippen molar-refractivity contribution in [3.8, 4) is 0 Å². The van der Waals surface area contributed by atoms with Gasteiger partial charge in [-0.05, 0) is 23.7 Å². The van der Waals surface area contributed by atoms with Crippen LogP contribution < -0.4 is 0 Å². The van der Waals surface area contributed by atoms with Crippen molar-refractivity contribution in [2.75, 3.05) is 0 Å². The summed E-state index contributed by atoms with van der Waals surface area (Å²) in [5.41, 5.74) is 1.37. The molecule has 0 unspecified atom stereocenters. The van der Waals surface area contributed by atoms with E-state index in [-0.39, 0.29) is 5.15 Å². The Hall–Kier alpha value is -1.19. The average Bonchev–Trinajstić information content (AvgIpc) is 2.16. The van der Waals surface area contributed by atoms with E-state index in [1.165, 1.54) is 6.20 Å². The van der Waals surface area contributed by atoms with Crippen LogP contribution in [0, 0.1) is 0 Å². The number of hydrogen-bond donors (Lipinski definition) is 0.